The largest absolute Gasteiger partial charge is 0.352 e. The fraction of sp³-hybridized carbons (Fsp3) is 0.304. The third kappa shape index (κ3) is 4.56. The van der Waals surface area contributed by atoms with Crippen molar-refractivity contribution < 1.29 is 9.59 Å². The zero-order chi connectivity index (χ0) is 20.9. The van der Waals surface area contributed by atoms with Crippen LogP contribution in [0.3, 0.4) is 0 Å². The summed E-state index contributed by atoms with van der Waals surface area (Å²) in [5.74, 6) is 0.404. The second-order valence-corrected chi connectivity index (χ2v) is 7.51. The van der Waals surface area contributed by atoms with Crippen LogP contribution < -0.4 is 10.9 Å². The fourth-order valence-electron chi connectivity index (χ4n) is 3.69. The van der Waals surface area contributed by atoms with E-state index in [1.807, 2.05) is 35.2 Å². The highest BCUT2D eigenvalue weighted by Crippen LogP contribution is 2.14. The van der Waals surface area contributed by atoms with Crippen molar-refractivity contribution in [2.45, 2.75) is 32.2 Å². The molecule has 1 fully saturated rings. The second-order valence-electron chi connectivity index (χ2n) is 7.51. The van der Waals surface area contributed by atoms with E-state index in [4.69, 9.17) is 0 Å². The van der Waals surface area contributed by atoms with Gasteiger partial charge in [0.25, 0.3) is 11.5 Å². The molecule has 154 valence electrons. The molecule has 7 heteroatoms. The normalized spacial score (nSPS) is 13.5. The number of para-hydroxylation sites is 1. The van der Waals surface area contributed by atoms with Crippen LogP contribution in [0.5, 0.6) is 0 Å². The third-order valence-electron chi connectivity index (χ3n) is 5.31. The molecule has 7 nitrogen and oxygen atoms in total. The number of carbonyl (C=O) groups is 2. The predicted molar refractivity (Wildman–Crippen MR) is 114 cm³/mol. The number of nitrogens with one attached hydrogen (secondary N) is 2. The lowest BCUT2D eigenvalue weighted by molar-refractivity contribution is -0.121. The van der Waals surface area contributed by atoms with E-state index < -0.39 is 0 Å². The summed E-state index contributed by atoms with van der Waals surface area (Å²) >= 11 is 0. The molecule has 1 saturated heterocycles. The monoisotopic (exact) mass is 404 g/mol. The summed E-state index contributed by atoms with van der Waals surface area (Å²) in [6.07, 6.45) is 2.67. The molecule has 30 heavy (non-hydrogen) atoms. The molecule has 2 amide bonds. The number of carbonyl (C=O) groups excluding carboxylic acids is 2. The molecule has 0 atom stereocenters. The zero-order valence-electron chi connectivity index (χ0n) is 16.7. The first-order chi connectivity index (χ1) is 14.6. The molecule has 4 rings (SSSR count). The second kappa shape index (κ2) is 8.90. The highest BCUT2D eigenvalue weighted by molar-refractivity contribution is 5.94. The lowest BCUT2D eigenvalue weighted by Gasteiger charge is -2.15. The van der Waals surface area contributed by atoms with Crippen LogP contribution >= 0.6 is 0 Å². The molecular weight excluding hydrogens is 380 g/mol. The number of hydrogen-bond acceptors (Lipinski definition) is 4. The summed E-state index contributed by atoms with van der Waals surface area (Å²) in [6, 6.07) is 14.5. The van der Waals surface area contributed by atoms with E-state index in [0.29, 0.717) is 35.3 Å². The standard InChI is InChI=1S/C23H24N4O3/c28-21(11-10-20-25-19-9-2-1-8-18(19)22(29)26-20)24-15-16-6-5-7-17(14-16)23(30)27-12-3-4-13-27/h1-2,5-9,14H,3-4,10-13,15H2,(H,24,28)(H,25,26,29). The Labute approximate surface area is 174 Å². The molecule has 2 aromatic carbocycles. The quantitative estimate of drug-likeness (QED) is 0.660. The number of rotatable bonds is 6. The molecule has 2 heterocycles. The van der Waals surface area contributed by atoms with Crippen molar-refractivity contribution in [1.29, 1.82) is 0 Å². The summed E-state index contributed by atoms with van der Waals surface area (Å²) < 4.78 is 0. The number of aryl methyl sites for hydroxylation is 1. The van der Waals surface area contributed by atoms with Crippen molar-refractivity contribution in [3.05, 3.63) is 75.8 Å². The van der Waals surface area contributed by atoms with Crippen molar-refractivity contribution in [3.8, 4) is 0 Å². The van der Waals surface area contributed by atoms with E-state index in [-0.39, 0.29) is 23.8 Å². The number of amides is 2. The fourth-order valence-corrected chi connectivity index (χ4v) is 3.69. The van der Waals surface area contributed by atoms with Gasteiger partial charge < -0.3 is 15.2 Å². The lowest BCUT2D eigenvalue weighted by Crippen LogP contribution is -2.28. The molecule has 2 N–H and O–H groups in total. The maximum atomic E-state index is 12.5. The number of fused-ring (bicyclic) bond motifs is 1. The van der Waals surface area contributed by atoms with Crippen LogP contribution in [-0.2, 0) is 17.8 Å². The Morgan fingerprint density at radius 2 is 1.87 bits per heavy atom. The Hall–Kier alpha value is -3.48. The van der Waals surface area contributed by atoms with E-state index in [9.17, 15) is 14.4 Å². The number of nitrogens with zero attached hydrogens (tertiary/aromatic N) is 2. The van der Waals surface area contributed by atoms with E-state index in [1.165, 1.54) is 0 Å². The van der Waals surface area contributed by atoms with Gasteiger partial charge in [0.15, 0.2) is 0 Å². The van der Waals surface area contributed by atoms with Crippen LogP contribution in [0.1, 0.15) is 41.0 Å². The number of aromatic nitrogens is 2. The van der Waals surface area contributed by atoms with Gasteiger partial charge in [-0.25, -0.2) is 4.98 Å². The first-order valence-corrected chi connectivity index (χ1v) is 10.2. The average Bonchev–Trinajstić information content (AvgIpc) is 3.31. The minimum Gasteiger partial charge on any atom is -0.352 e. The van der Waals surface area contributed by atoms with Gasteiger partial charge in [0.1, 0.15) is 5.82 Å². The summed E-state index contributed by atoms with van der Waals surface area (Å²) in [7, 11) is 0. The topological polar surface area (TPSA) is 95.2 Å². The average molecular weight is 404 g/mol. The highest BCUT2D eigenvalue weighted by atomic mass is 16.2. The number of aromatic amines is 1. The molecule has 1 aromatic heterocycles. The summed E-state index contributed by atoms with van der Waals surface area (Å²) in [4.78, 5) is 45.9. The van der Waals surface area contributed by atoms with Crippen LogP contribution in [0.25, 0.3) is 10.9 Å². The van der Waals surface area contributed by atoms with Gasteiger partial charge in [0.2, 0.25) is 5.91 Å². The summed E-state index contributed by atoms with van der Waals surface area (Å²) in [5.41, 5.74) is 1.96. The number of benzene rings is 2. The molecule has 0 aliphatic carbocycles. The van der Waals surface area contributed by atoms with Gasteiger partial charge in [0.05, 0.1) is 10.9 Å². The maximum Gasteiger partial charge on any atom is 0.258 e. The molecular formula is C23H24N4O3. The van der Waals surface area contributed by atoms with E-state index in [1.54, 1.807) is 18.2 Å². The van der Waals surface area contributed by atoms with Crippen LogP contribution in [0.2, 0.25) is 0 Å². The Balaban J connectivity index is 1.32. The van der Waals surface area contributed by atoms with Crippen LogP contribution in [0.15, 0.2) is 53.3 Å². The molecule has 0 spiro atoms. The van der Waals surface area contributed by atoms with Crippen molar-refractivity contribution in [1.82, 2.24) is 20.2 Å². The van der Waals surface area contributed by atoms with E-state index >= 15 is 0 Å². The zero-order valence-corrected chi connectivity index (χ0v) is 16.7. The minimum atomic E-state index is -0.199. The van der Waals surface area contributed by atoms with Crippen molar-refractivity contribution >= 4 is 22.7 Å². The molecule has 0 bridgehead atoms. The minimum absolute atomic E-state index is 0.0482. The van der Waals surface area contributed by atoms with E-state index in [2.05, 4.69) is 15.3 Å². The molecule has 3 aromatic rings. The van der Waals surface area contributed by atoms with Gasteiger partial charge in [0, 0.05) is 38.0 Å². The highest BCUT2D eigenvalue weighted by Gasteiger charge is 2.19. The lowest BCUT2D eigenvalue weighted by atomic mass is 10.1. The van der Waals surface area contributed by atoms with Crippen LogP contribution in [0, 0.1) is 0 Å². The first-order valence-electron chi connectivity index (χ1n) is 10.2. The number of likely N-dealkylation sites (tertiary alicyclic amines) is 1. The van der Waals surface area contributed by atoms with Crippen molar-refractivity contribution in [3.63, 3.8) is 0 Å². The van der Waals surface area contributed by atoms with Gasteiger partial charge >= 0.3 is 0 Å². The predicted octanol–water partition coefficient (Wildman–Crippen LogP) is 2.41. The van der Waals surface area contributed by atoms with Gasteiger partial charge in [-0.05, 0) is 42.7 Å². The van der Waals surface area contributed by atoms with Gasteiger partial charge in [-0.3, -0.25) is 14.4 Å². The number of hydrogen-bond donors (Lipinski definition) is 2. The smallest absolute Gasteiger partial charge is 0.258 e. The van der Waals surface area contributed by atoms with Crippen molar-refractivity contribution in [2.24, 2.45) is 0 Å². The molecule has 0 saturated carbocycles. The Morgan fingerprint density at radius 3 is 2.70 bits per heavy atom. The maximum absolute atomic E-state index is 12.5. The first kappa shape index (κ1) is 19.8. The van der Waals surface area contributed by atoms with Gasteiger partial charge in [-0.15, -0.1) is 0 Å². The molecule has 0 radical (unpaired) electrons. The summed E-state index contributed by atoms with van der Waals surface area (Å²) in [5, 5.41) is 3.41. The molecule has 0 unspecified atom stereocenters. The van der Waals surface area contributed by atoms with Crippen LogP contribution in [-0.4, -0.2) is 39.8 Å². The van der Waals surface area contributed by atoms with E-state index in [0.717, 1.165) is 31.5 Å². The molecule has 1 aliphatic rings. The summed E-state index contributed by atoms with van der Waals surface area (Å²) in [6.45, 7) is 1.97. The van der Waals surface area contributed by atoms with Crippen molar-refractivity contribution in [2.75, 3.05) is 13.1 Å². The van der Waals surface area contributed by atoms with Gasteiger partial charge in [-0.1, -0.05) is 24.3 Å². The van der Waals surface area contributed by atoms with Gasteiger partial charge in [-0.2, -0.15) is 0 Å². The third-order valence-corrected chi connectivity index (χ3v) is 5.31. The Bertz CT molecular complexity index is 1130. The molecule has 1 aliphatic heterocycles. The number of H-pyrrole nitrogens is 1. The SMILES string of the molecule is O=C(CCc1nc2ccccc2c(=O)[nH]1)NCc1cccc(C(=O)N2CCCC2)c1. The van der Waals surface area contributed by atoms with Crippen LogP contribution in [0.4, 0.5) is 0 Å². The Morgan fingerprint density at radius 1 is 1.07 bits per heavy atom. The Kier molecular flexibility index (Phi) is 5.88.